The minimum Gasteiger partial charge on any atom is -0.370 e. The van der Waals surface area contributed by atoms with Crippen LogP contribution >= 0.6 is 0 Å². The largest absolute Gasteiger partial charge is 0.370 e. The Balaban J connectivity index is 1.99. The first-order chi connectivity index (χ1) is 8.43. The molecule has 2 aliphatic rings. The van der Waals surface area contributed by atoms with E-state index in [4.69, 9.17) is 4.74 Å². The number of piperazine rings is 1. The standard InChI is InChI=1S/C13H22N2O3/c1-4-10-12(17)15(11(16)7-14-10)8-9-5-6-13(2,3)18-9/h9-10,14H,4-8H2,1-3H3. The summed E-state index contributed by atoms with van der Waals surface area (Å²) in [7, 11) is 0. The van der Waals surface area contributed by atoms with E-state index < -0.39 is 0 Å². The Morgan fingerprint density at radius 3 is 2.72 bits per heavy atom. The molecule has 0 aromatic carbocycles. The second-order valence-corrected chi connectivity index (χ2v) is 5.72. The summed E-state index contributed by atoms with van der Waals surface area (Å²) in [6, 6.07) is -0.225. The number of nitrogens with one attached hydrogen (secondary N) is 1. The summed E-state index contributed by atoms with van der Waals surface area (Å²) >= 11 is 0. The number of carbonyl (C=O) groups is 2. The number of carbonyl (C=O) groups excluding carboxylic acids is 2. The highest BCUT2D eigenvalue weighted by Crippen LogP contribution is 2.30. The van der Waals surface area contributed by atoms with Crippen molar-refractivity contribution in [2.24, 2.45) is 0 Å². The topological polar surface area (TPSA) is 58.6 Å². The van der Waals surface area contributed by atoms with Gasteiger partial charge < -0.3 is 4.74 Å². The van der Waals surface area contributed by atoms with Crippen LogP contribution in [0.25, 0.3) is 0 Å². The highest BCUT2D eigenvalue weighted by molar-refractivity contribution is 6.01. The van der Waals surface area contributed by atoms with Crippen LogP contribution in [-0.4, -0.2) is 47.6 Å². The van der Waals surface area contributed by atoms with E-state index in [1.54, 1.807) is 0 Å². The highest BCUT2D eigenvalue weighted by atomic mass is 16.5. The van der Waals surface area contributed by atoms with E-state index in [1.807, 2.05) is 20.8 Å². The molecule has 2 fully saturated rings. The Morgan fingerprint density at radius 2 is 2.17 bits per heavy atom. The van der Waals surface area contributed by atoms with E-state index in [2.05, 4.69) is 5.32 Å². The molecule has 0 bridgehead atoms. The molecular formula is C13H22N2O3. The van der Waals surface area contributed by atoms with Crippen LogP contribution in [0.5, 0.6) is 0 Å². The predicted molar refractivity (Wildman–Crippen MR) is 67.0 cm³/mol. The fourth-order valence-electron chi connectivity index (χ4n) is 2.62. The van der Waals surface area contributed by atoms with E-state index in [-0.39, 0.29) is 36.1 Å². The molecule has 18 heavy (non-hydrogen) atoms. The van der Waals surface area contributed by atoms with Gasteiger partial charge in [-0.25, -0.2) is 0 Å². The zero-order valence-corrected chi connectivity index (χ0v) is 11.4. The fraction of sp³-hybridized carbons (Fsp3) is 0.846. The van der Waals surface area contributed by atoms with Gasteiger partial charge in [0.2, 0.25) is 11.8 Å². The highest BCUT2D eigenvalue weighted by Gasteiger charge is 2.38. The normalized spacial score (nSPS) is 32.1. The molecule has 0 spiro atoms. The lowest BCUT2D eigenvalue weighted by Crippen LogP contribution is -2.59. The molecule has 0 saturated carbocycles. The molecule has 2 aliphatic heterocycles. The van der Waals surface area contributed by atoms with Gasteiger partial charge in [-0.1, -0.05) is 6.92 Å². The predicted octanol–water partition coefficient (Wildman–Crippen LogP) is 0.681. The quantitative estimate of drug-likeness (QED) is 0.753. The lowest BCUT2D eigenvalue weighted by atomic mass is 10.0. The van der Waals surface area contributed by atoms with Crippen molar-refractivity contribution in [3.8, 4) is 0 Å². The molecule has 2 unspecified atom stereocenters. The third-order valence-electron chi connectivity index (χ3n) is 3.71. The molecule has 0 aromatic rings. The smallest absolute Gasteiger partial charge is 0.246 e. The van der Waals surface area contributed by atoms with Gasteiger partial charge >= 0.3 is 0 Å². The number of amides is 2. The van der Waals surface area contributed by atoms with Crippen LogP contribution in [-0.2, 0) is 14.3 Å². The first-order valence-electron chi connectivity index (χ1n) is 6.68. The van der Waals surface area contributed by atoms with Gasteiger partial charge in [-0.2, -0.15) is 0 Å². The van der Waals surface area contributed by atoms with E-state index in [9.17, 15) is 9.59 Å². The fourth-order valence-corrected chi connectivity index (χ4v) is 2.62. The van der Waals surface area contributed by atoms with E-state index >= 15 is 0 Å². The monoisotopic (exact) mass is 254 g/mol. The Labute approximate surface area is 108 Å². The molecule has 102 valence electrons. The number of hydrogen-bond acceptors (Lipinski definition) is 4. The van der Waals surface area contributed by atoms with Crippen molar-refractivity contribution in [3.05, 3.63) is 0 Å². The van der Waals surface area contributed by atoms with E-state index in [1.165, 1.54) is 4.90 Å². The number of nitrogens with zero attached hydrogens (tertiary/aromatic N) is 1. The minimum atomic E-state index is -0.225. The zero-order valence-electron chi connectivity index (χ0n) is 11.4. The first kappa shape index (κ1) is 13.5. The second-order valence-electron chi connectivity index (χ2n) is 5.72. The summed E-state index contributed by atoms with van der Waals surface area (Å²) in [5, 5.41) is 2.96. The molecule has 2 saturated heterocycles. The molecule has 0 aromatic heterocycles. The van der Waals surface area contributed by atoms with Crippen LogP contribution in [0.15, 0.2) is 0 Å². The average molecular weight is 254 g/mol. The molecule has 2 rings (SSSR count). The van der Waals surface area contributed by atoms with Gasteiger partial charge in [-0.3, -0.25) is 19.8 Å². The van der Waals surface area contributed by atoms with Crippen LogP contribution in [0.4, 0.5) is 0 Å². The molecule has 5 heteroatoms. The third kappa shape index (κ3) is 2.72. The van der Waals surface area contributed by atoms with E-state index in [0.717, 1.165) is 12.8 Å². The van der Waals surface area contributed by atoms with Crippen LogP contribution in [0.1, 0.15) is 40.0 Å². The second kappa shape index (κ2) is 4.97. The van der Waals surface area contributed by atoms with Crippen LogP contribution in [0.2, 0.25) is 0 Å². The molecule has 1 N–H and O–H groups in total. The number of ether oxygens (including phenoxy) is 1. The lowest BCUT2D eigenvalue weighted by Gasteiger charge is -2.33. The first-order valence-corrected chi connectivity index (χ1v) is 6.68. The zero-order chi connectivity index (χ0) is 13.3. The van der Waals surface area contributed by atoms with Crippen molar-refractivity contribution in [3.63, 3.8) is 0 Å². The van der Waals surface area contributed by atoms with Crippen LogP contribution in [0.3, 0.4) is 0 Å². The Hall–Kier alpha value is -0.940. The summed E-state index contributed by atoms with van der Waals surface area (Å²) in [4.78, 5) is 25.3. The molecule has 0 aliphatic carbocycles. The summed E-state index contributed by atoms with van der Waals surface area (Å²) in [6.45, 7) is 6.69. The van der Waals surface area contributed by atoms with Gasteiger partial charge in [0.1, 0.15) is 0 Å². The van der Waals surface area contributed by atoms with E-state index in [0.29, 0.717) is 13.0 Å². The summed E-state index contributed by atoms with van der Waals surface area (Å²) in [5.41, 5.74) is -0.130. The third-order valence-corrected chi connectivity index (χ3v) is 3.71. The number of imide groups is 1. The Morgan fingerprint density at radius 1 is 1.44 bits per heavy atom. The van der Waals surface area contributed by atoms with Crippen molar-refractivity contribution in [1.29, 1.82) is 0 Å². The summed E-state index contributed by atoms with van der Waals surface area (Å²) < 4.78 is 5.85. The van der Waals surface area contributed by atoms with Crippen molar-refractivity contribution >= 4 is 11.8 Å². The maximum absolute atomic E-state index is 12.1. The van der Waals surface area contributed by atoms with Crippen molar-refractivity contribution in [2.75, 3.05) is 13.1 Å². The van der Waals surface area contributed by atoms with Gasteiger partial charge in [-0.15, -0.1) is 0 Å². The Bertz CT molecular complexity index is 354. The van der Waals surface area contributed by atoms with Crippen molar-refractivity contribution < 1.29 is 14.3 Å². The lowest BCUT2D eigenvalue weighted by molar-refractivity contribution is -0.152. The summed E-state index contributed by atoms with van der Waals surface area (Å²) in [5.74, 6) is -0.250. The van der Waals surface area contributed by atoms with Gasteiger partial charge in [0.25, 0.3) is 0 Å². The van der Waals surface area contributed by atoms with Crippen molar-refractivity contribution in [2.45, 2.75) is 57.8 Å². The Kier molecular flexibility index (Phi) is 3.73. The molecule has 0 radical (unpaired) electrons. The number of hydrogen-bond donors (Lipinski definition) is 1. The summed E-state index contributed by atoms with van der Waals surface area (Å²) in [6.07, 6.45) is 2.58. The molecule has 5 nitrogen and oxygen atoms in total. The van der Waals surface area contributed by atoms with Crippen LogP contribution < -0.4 is 5.32 Å². The van der Waals surface area contributed by atoms with Crippen LogP contribution in [0, 0.1) is 0 Å². The molecule has 2 amide bonds. The van der Waals surface area contributed by atoms with Gasteiger partial charge in [-0.05, 0) is 33.1 Å². The van der Waals surface area contributed by atoms with Crippen molar-refractivity contribution in [1.82, 2.24) is 10.2 Å². The maximum Gasteiger partial charge on any atom is 0.246 e. The van der Waals surface area contributed by atoms with Gasteiger partial charge in [0.05, 0.1) is 30.8 Å². The average Bonchev–Trinajstić information content (AvgIpc) is 2.64. The van der Waals surface area contributed by atoms with Gasteiger partial charge in [0, 0.05) is 0 Å². The molecular weight excluding hydrogens is 232 g/mol. The maximum atomic E-state index is 12.1. The molecule has 2 heterocycles. The minimum absolute atomic E-state index is 0.0106. The SMILES string of the molecule is CCC1NCC(=O)N(CC2CCC(C)(C)O2)C1=O. The molecule has 2 atom stereocenters. The van der Waals surface area contributed by atoms with Gasteiger partial charge in [0.15, 0.2) is 0 Å². The number of rotatable bonds is 3.